The molecule has 1 heterocycles. The quantitative estimate of drug-likeness (QED) is 0.509. The number of carbonyl (C=O) groups is 1. The number of anilines is 1. The zero-order valence-electron chi connectivity index (χ0n) is 15.1. The lowest BCUT2D eigenvalue weighted by Gasteiger charge is -2.10. The lowest BCUT2D eigenvalue weighted by Crippen LogP contribution is -2.20. The summed E-state index contributed by atoms with van der Waals surface area (Å²) in [5.74, 6) is 0.829. The van der Waals surface area contributed by atoms with Crippen molar-refractivity contribution >= 4 is 45.6 Å². The molecule has 0 aliphatic rings. The van der Waals surface area contributed by atoms with Gasteiger partial charge in [0.25, 0.3) is 5.91 Å². The van der Waals surface area contributed by atoms with E-state index in [1.54, 1.807) is 30.5 Å². The van der Waals surface area contributed by atoms with E-state index in [9.17, 15) is 4.79 Å². The molecule has 0 saturated heterocycles. The van der Waals surface area contributed by atoms with Gasteiger partial charge >= 0.3 is 0 Å². The number of nitrogens with zero attached hydrogens (tertiary/aromatic N) is 1. The molecule has 1 N–H and O–H groups in total. The minimum atomic E-state index is -0.298. The molecule has 0 fully saturated rings. The highest BCUT2D eigenvalue weighted by molar-refractivity contribution is 7.15. The smallest absolute Gasteiger partial charge is 0.264 e. The molecule has 0 spiro atoms. The van der Waals surface area contributed by atoms with Crippen molar-refractivity contribution in [3.63, 3.8) is 0 Å². The van der Waals surface area contributed by atoms with E-state index in [1.807, 2.05) is 25.1 Å². The summed E-state index contributed by atoms with van der Waals surface area (Å²) in [6.45, 7) is 2.27. The molecule has 1 aromatic heterocycles. The molecular weight excluding hydrogens is 419 g/mol. The van der Waals surface area contributed by atoms with Crippen LogP contribution in [0.2, 0.25) is 10.0 Å². The molecule has 3 aromatic rings. The van der Waals surface area contributed by atoms with Gasteiger partial charge in [0.2, 0.25) is 0 Å². The van der Waals surface area contributed by atoms with Crippen molar-refractivity contribution in [2.75, 3.05) is 18.5 Å². The van der Waals surface area contributed by atoms with Crippen molar-refractivity contribution in [2.24, 2.45) is 0 Å². The summed E-state index contributed by atoms with van der Waals surface area (Å²) >= 11 is 13.6. The van der Waals surface area contributed by atoms with Crippen LogP contribution in [-0.4, -0.2) is 24.1 Å². The summed E-state index contributed by atoms with van der Waals surface area (Å²) in [5, 5.41) is 4.51. The van der Waals surface area contributed by atoms with Crippen LogP contribution < -0.4 is 14.8 Å². The average molecular weight is 437 g/mol. The van der Waals surface area contributed by atoms with E-state index >= 15 is 0 Å². The van der Waals surface area contributed by atoms with Gasteiger partial charge in [-0.25, -0.2) is 4.98 Å². The molecule has 146 valence electrons. The van der Waals surface area contributed by atoms with Crippen molar-refractivity contribution in [1.82, 2.24) is 4.98 Å². The van der Waals surface area contributed by atoms with Gasteiger partial charge in [0.1, 0.15) is 0 Å². The summed E-state index contributed by atoms with van der Waals surface area (Å²) in [5.41, 5.74) is 0.909. The van der Waals surface area contributed by atoms with Crippen LogP contribution >= 0.6 is 34.5 Å². The van der Waals surface area contributed by atoms with Gasteiger partial charge in [-0.3, -0.25) is 10.1 Å². The Morgan fingerprint density at radius 2 is 1.89 bits per heavy atom. The zero-order chi connectivity index (χ0) is 19.9. The van der Waals surface area contributed by atoms with E-state index in [0.717, 1.165) is 10.4 Å². The third kappa shape index (κ3) is 5.61. The van der Waals surface area contributed by atoms with Crippen LogP contribution in [0.25, 0.3) is 0 Å². The van der Waals surface area contributed by atoms with Crippen LogP contribution in [0.3, 0.4) is 0 Å². The summed E-state index contributed by atoms with van der Waals surface area (Å²) in [6.07, 6.45) is 2.30. The molecule has 0 aliphatic carbocycles. The third-order valence-corrected chi connectivity index (χ3v) is 5.20. The summed E-state index contributed by atoms with van der Waals surface area (Å²) in [4.78, 5) is 17.4. The van der Waals surface area contributed by atoms with E-state index in [0.29, 0.717) is 39.7 Å². The molecule has 2 aromatic carbocycles. The second-order valence-electron chi connectivity index (χ2n) is 5.76. The van der Waals surface area contributed by atoms with Gasteiger partial charge in [-0.05, 0) is 42.8 Å². The molecule has 0 bridgehead atoms. The second kappa shape index (κ2) is 9.78. The van der Waals surface area contributed by atoms with Crippen molar-refractivity contribution in [3.8, 4) is 11.5 Å². The number of carbonyl (C=O) groups excluding carboxylic acids is 1. The van der Waals surface area contributed by atoms with E-state index in [1.165, 1.54) is 11.3 Å². The predicted octanol–water partition coefficient (Wildman–Crippen LogP) is 5.46. The second-order valence-corrected chi connectivity index (χ2v) is 7.72. The van der Waals surface area contributed by atoms with Gasteiger partial charge in [0.15, 0.2) is 23.2 Å². The van der Waals surface area contributed by atoms with Gasteiger partial charge in [-0.2, -0.15) is 0 Å². The first-order valence-electron chi connectivity index (χ1n) is 8.58. The van der Waals surface area contributed by atoms with Crippen molar-refractivity contribution in [1.29, 1.82) is 0 Å². The Bertz CT molecular complexity index is 962. The number of halogens is 2. The Kier molecular flexibility index (Phi) is 7.14. The Balaban J connectivity index is 1.56. The monoisotopic (exact) mass is 436 g/mol. The third-order valence-electron chi connectivity index (χ3n) is 3.68. The first-order valence-corrected chi connectivity index (χ1v) is 10.2. The van der Waals surface area contributed by atoms with Crippen LogP contribution in [-0.2, 0) is 11.2 Å². The Morgan fingerprint density at radius 3 is 2.64 bits per heavy atom. The Morgan fingerprint density at radius 1 is 1.14 bits per heavy atom. The molecule has 0 aliphatic heterocycles. The highest BCUT2D eigenvalue weighted by atomic mass is 35.5. The van der Waals surface area contributed by atoms with Crippen LogP contribution in [0.4, 0.5) is 5.13 Å². The van der Waals surface area contributed by atoms with Crippen LogP contribution in [0.1, 0.15) is 17.4 Å². The number of hydrogen-bond donors (Lipinski definition) is 1. The summed E-state index contributed by atoms with van der Waals surface area (Å²) in [7, 11) is 0. The fourth-order valence-electron chi connectivity index (χ4n) is 2.46. The van der Waals surface area contributed by atoms with E-state index in [4.69, 9.17) is 32.7 Å². The molecule has 5 nitrogen and oxygen atoms in total. The summed E-state index contributed by atoms with van der Waals surface area (Å²) in [6, 6.07) is 12.6. The molecule has 8 heteroatoms. The SMILES string of the molecule is CCOc1ccccc1OCC(=O)Nc1ncc(Cc2cc(Cl)ccc2Cl)s1. The van der Waals surface area contributed by atoms with Crippen molar-refractivity contribution < 1.29 is 14.3 Å². The lowest BCUT2D eigenvalue weighted by molar-refractivity contribution is -0.118. The highest BCUT2D eigenvalue weighted by Gasteiger charge is 2.11. The molecule has 3 rings (SSSR count). The molecule has 28 heavy (non-hydrogen) atoms. The maximum absolute atomic E-state index is 12.2. The number of para-hydroxylation sites is 2. The van der Waals surface area contributed by atoms with Crippen molar-refractivity contribution in [2.45, 2.75) is 13.3 Å². The van der Waals surface area contributed by atoms with Crippen LogP contribution in [0.15, 0.2) is 48.7 Å². The molecular formula is C20H18Cl2N2O3S. The Labute approximate surface area is 177 Å². The molecule has 1 amide bonds. The molecule has 0 radical (unpaired) electrons. The van der Waals surface area contributed by atoms with Gasteiger partial charge in [-0.15, -0.1) is 11.3 Å². The molecule has 0 saturated carbocycles. The predicted molar refractivity (Wildman–Crippen MR) is 113 cm³/mol. The first-order chi connectivity index (χ1) is 13.5. The Hall–Kier alpha value is -2.28. The highest BCUT2D eigenvalue weighted by Crippen LogP contribution is 2.28. The summed E-state index contributed by atoms with van der Waals surface area (Å²) < 4.78 is 11.0. The number of thiazole rings is 1. The largest absolute Gasteiger partial charge is 0.490 e. The lowest BCUT2D eigenvalue weighted by atomic mass is 10.1. The standard InChI is InChI=1S/C20H18Cl2N2O3S/c1-2-26-17-5-3-4-6-18(17)27-12-19(25)24-20-23-11-15(28-20)10-13-9-14(21)7-8-16(13)22/h3-9,11H,2,10,12H2,1H3,(H,23,24,25). The molecule has 0 unspecified atom stereocenters. The fourth-order valence-corrected chi connectivity index (χ4v) is 3.69. The minimum absolute atomic E-state index is 0.140. The van der Waals surface area contributed by atoms with Gasteiger partial charge in [0, 0.05) is 27.5 Å². The number of benzene rings is 2. The van der Waals surface area contributed by atoms with Crippen LogP contribution in [0.5, 0.6) is 11.5 Å². The van der Waals surface area contributed by atoms with E-state index in [2.05, 4.69) is 10.3 Å². The maximum Gasteiger partial charge on any atom is 0.264 e. The topological polar surface area (TPSA) is 60.5 Å². The van der Waals surface area contributed by atoms with Gasteiger partial charge in [-0.1, -0.05) is 35.3 Å². The normalized spacial score (nSPS) is 10.5. The number of amides is 1. The number of aromatic nitrogens is 1. The van der Waals surface area contributed by atoms with Crippen molar-refractivity contribution in [3.05, 3.63) is 69.1 Å². The van der Waals surface area contributed by atoms with Crippen LogP contribution in [0, 0.1) is 0 Å². The van der Waals surface area contributed by atoms with E-state index < -0.39 is 0 Å². The first kappa shape index (κ1) is 20.5. The van der Waals surface area contributed by atoms with E-state index in [-0.39, 0.29) is 12.5 Å². The average Bonchev–Trinajstić information content (AvgIpc) is 3.11. The number of ether oxygens (including phenoxy) is 2. The fraction of sp³-hybridized carbons (Fsp3) is 0.200. The molecule has 0 atom stereocenters. The minimum Gasteiger partial charge on any atom is -0.490 e. The number of nitrogens with one attached hydrogen (secondary N) is 1. The maximum atomic E-state index is 12.2. The van der Waals surface area contributed by atoms with Gasteiger partial charge < -0.3 is 9.47 Å². The van der Waals surface area contributed by atoms with Gasteiger partial charge in [0.05, 0.1) is 6.61 Å². The number of hydrogen-bond acceptors (Lipinski definition) is 5. The number of rotatable bonds is 8. The zero-order valence-corrected chi connectivity index (χ0v) is 17.4.